The lowest BCUT2D eigenvalue weighted by Crippen LogP contribution is -2.21. The van der Waals surface area contributed by atoms with Crippen LogP contribution in [0.25, 0.3) is 0 Å². The van der Waals surface area contributed by atoms with Crippen LogP contribution in [-0.2, 0) is 6.42 Å². The smallest absolute Gasteiger partial charge is 0.174 e. The summed E-state index contributed by atoms with van der Waals surface area (Å²) in [5.74, 6) is -0.223. The molecular formula is C26H30O6. The van der Waals surface area contributed by atoms with Crippen molar-refractivity contribution < 1.29 is 29.6 Å². The van der Waals surface area contributed by atoms with Crippen LogP contribution in [-0.4, -0.2) is 28.2 Å². The molecular weight excluding hydrogens is 408 g/mol. The summed E-state index contributed by atoms with van der Waals surface area (Å²) in [4.78, 5) is 12.9. The minimum absolute atomic E-state index is 0.0112. The highest BCUT2D eigenvalue weighted by Gasteiger charge is 2.33. The molecule has 6 heteroatoms. The van der Waals surface area contributed by atoms with Crippen molar-refractivity contribution in [2.45, 2.75) is 52.6 Å². The number of phenolic OH excluding ortho intramolecular Hbond substituents is 3. The molecule has 32 heavy (non-hydrogen) atoms. The molecule has 1 atom stereocenters. The molecule has 0 spiro atoms. The quantitative estimate of drug-likeness (QED) is 0.476. The normalized spacial score (nSPS) is 15.7. The molecule has 0 bridgehead atoms. The van der Waals surface area contributed by atoms with Crippen LogP contribution in [0.2, 0.25) is 0 Å². The molecule has 0 fully saturated rings. The number of rotatable bonds is 7. The first-order chi connectivity index (χ1) is 15.2. The maximum absolute atomic E-state index is 12.9. The number of carbonyl (C=O) groups is 1. The Hall–Kier alpha value is -3.41. The van der Waals surface area contributed by atoms with E-state index in [4.69, 9.17) is 9.47 Å². The van der Waals surface area contributed by atoms with Gasteiger partial charge in [0, 0.05) is 11.6 Å². The van der Waals surface area contributed by atoms with Crippen LogP contribution < -0.4 is 9.47 Å². The summed E-state index contributed by atoms with van der Waals surface area (Å²) in [6.07, 6.45) is 5.67. The number of Topliss-reactive ketones (excluding diaryl/α,β-unsaturated/α-hetero) is 1. The second kappa shape index (κ2) is 9.81. The van der Waals surface area contributed by atoms with Crippen molar-refractivity contribution in [3.05, 3.63) is 64.3 Å². The van der Waals surface area contributed by atoms with E-state index in [0.717, 1.165) is 18.4 Å². The molecule has 3 N–H and O–H groups in total. The second-order valence-corrected chi connectivity index (χ2v) is 8.34. The van der Waals surface area contributed by atoms with Gasteiger partial charge in [-0.2, -0.15) is 0 Å². The highest BCUT2D eigenvalue weighted by Crippen LogP contribution is 2.45. The Bertz CT molecular complexity index is 1080. The van der Waals surface area contributed by atoms with Crippen LogP contribution in [0.3, 0.4) is 0 Å². The van der Waals surface area contributed by atoms with Crippen molar-refractivity contribution in [2.75, 3.05) is 7.11 Å². The number of hydrogen-bond donors (Lipinski definition) is 3. The van der Waals surface area contributed by atoms with Gasteiger partial charge >= 0.3 is 0 Å². The van der Waals surface area contributed by atoms with Gasteiger partial charge in [-0.15, -0.1) is 0 Å². The third-order valence-corrected chi connectivity index (χ3v) is 5.59. The van der Waals surface area contributed by atoms with Gasteiger partial charge in [-0.05, 0) is 57.7 Å². The number of carbonyl (C=O) groups excluding carboxylic acids is 1. The van der Waals surface area contributed by atoms with Gasteiger partial charge in [0.05, 0.1) is 13.5 Å². The van der Waals surface area contributed by atoms with Crippen molar-refractivity contribution in [2.24, 2.45) is 0 Å². The van der Waals surface area contributed by atoms with E-state index < -0.39 is 6.10 Å². The van der Waals surface area contributed by atoms with E-state index in [0.29, 0.717) is 17.5 Å². The summed E-state index contributed by atoms with van der Waals surface area (Å²) in [6.45, 7) is 6.13. The van der Waals surface area contributed by atoms with Crippen LogP contribution >= 0.6 is 0 Å². The van der Waals surface area contributed by atoms with Crippen LogP contribution in [0.5, 0.6) is 28.7 Å². The van der Waals surface area contributed by atoms with Crippen LogP contribution in [0.1, 0.15) is 67.6 Å². The van der Waals surface area contributed by atoms with Crippen LogP contribution in [0.4, 0.5) is 0 Å². The molecule has 0 amide bonds. The zero-order valence-electron chi connectivity index (χ0n) is 18.9. The summed E-state index contributed by atoms with van der Waals surface area (Å²) in [7, 11) is 1.44. The summed E-state index contributed by atoms with van der Waals surface area (Å²) < 4.78 is 11.1. The Kier molecular flexibility index (Phi) is 7.13. The summed E-state index contributed by atoms with van der Waals surface area (Å²) >= 11 is 0. The predicted molar refractivity (Wildman–Crippen MR) is 123 cm³/mol. The monoisotopic (exact) mass is 438 g/mol. The SMILES string of the molecule is COc1cc([C@@H]2CC(=O)c3c(cc(O)c(CC=C(C)CCC=C(C)C)c3O)O2)ccc1O. The first-order valence-corrected chi connectivity index (χ1v) is 10.6. The molecule has 170 valence electrons. The van der Waals surface area contributed by atoms with Gasteiger partial charge in [-0.3, -0.25) is 4.79 Å². The number of allylic oxidation sites excluding steroid dienone is 4. The summed E-state index contributed by atoms with van der Waals surface area (Å²) in [6, 6.07) is 6.12. The van der Waals surface area contributed by atoms with Gasteiger partial charge < -0.3 is 24.8 Å². The molecule has 1 heterocycles. The van der Waals surface area contributed by atoms with Gasteiger partial charge in [0.1, 0.15) is 28.9 Å². The van der Waals surface area contributed by atoms with E-state index in [1.54, 1.807) is 12.1 Å². The number of ketones is 1. The van der Waals surface area contributed by atoms with Crippen molar-refractivity contribution >= 4 is 5.78 Å². The van der Waals surface area contributed by atoms with Crippen LogP contribution in [0.15, 0.2) is 47.6 Å². The third-order valence-electron chi connectivity index (χ3n) is 5.59. The van der Waals surface area contributed by atoms with Gasteiger partial charge in [0.15, 0.2) is 17.3 Å². The zero-order valence-corrected chi connectivity index (χ0v) is 18.9. The Morgan fingerprint density at radius 1 is 1.12 bits per heavy atom. The largest absolute Gasteiger partial charge is 0.507 e. The maximum atomic E-state index is 12.9. The molecule has 2 aromatic rings. The molecule has 1 aliphatic heterocycles. The minimum Gasteiger partial charge on any atom is -0.507 e. The fourth-order valence-corrected chi connectivity index (χ4v) is 3.75. The fraction of sp³-hybridized carbons (Fsp3) is 0.346. The molecule has 3 rings (SSSR count). The number of hydrogen-bond acceptors (Lipinski definition) is 6. The van der Waals surface area contributed by atoms with Gasteiger partial charge in [0.2, 0.25) is 0 Å². The van der Waals surface area contributed by atoms with E-state index >= 15 is 0 Å². The van der Waals surface area contributed by atoms with E-state index in [2.05, 4.69) is 19.9 Å². The van der Waals surface area contributed by atoms with Gasteiger partial charge in [-0.25, -0.2) is 0 Å². The first kappa shape index (κ1) is 23.3. The average molecular weight is 439 g/mol. The standard InChI is InChI=1S/C26H30O6/c1-15(2)6-5-7-16(3)8-10-18-20(28)13-24-25(26(18)30)21(29)14-22(32-24)17-9-11-19(27)23(12-17)31-4/h6,8-9,11-13,22,27-28,30H,5,7,10,14H2,1-4H3/t22-/m0/s1. The van der Waals surface area contributed by atoms with Gasteiger partial charge in [0.25, 0.3) is 0 Å². The topological polar surface area (TPSA) is 96.2 Å². The van der Waals surface area contributed by atoms with E-state index in [1.807, 2.05) is 13.0 Å². The molecule has 6 nitrogen and oxygen atoms in total. The molecule has 2 aromatic carbocycles. The van der Waals surface area contributed by atoms with E-state index in [1.165, 1.54) is 24.8 Å². The van der Waals surface area contributed by atoms with E-state index in [-0.39, 0.29) is 46.5 Å². The van der Waals surface area contributed by atoms with Crippen molar-refractivity contribution in [3.8, 4) is 28.7 Å². The number of methoxy groups -OCH3 is 1. The molecule has 0 saturated carbocycles. The molecule has 0 aliphatic carbocycles. The minimum atomic E-state index is -0.619. The Morgan fingerprint density at radius 2 is 1.88 bits per heavy atom. The summed E-state index contributed by atoms with van der Waals surface area (Å²) in [5.41, 5.74) is 3.47. The maximum Gasteiger partial charge on any atom is 0.174 e. The molecule has 0 radical (unpaired) electrons. The number of aromatic hydroxyl groups is 3. The third kappa shape index (κ3) is 5.07. The Labute approximate surface area is 188 Å². The first-order valence-electron chi connectivity index (χ1n) is 10.6. The highest BCUT2D eigenvalue weighted by molar-refractivity contribution is 6.03. The average Bonchev–Trinajstić information content (AvgIpc) is 2.73. The molecule has 0 saturated heterocycles. The molecule has 1 aliphatic rings. The van der Waals surface area contributed by atoms with Crippen molar-refractivity contribution in [3.63, 3.8) is 0 Å². The number of phenols is 3. The molecule has 0 unspecified atom stereocenters. The Balaban J connectivity index is 1.84. The lowest BCUT2D eigenvalue weighted by molar-refractivity contribution is 0.0844. The zero-order chi connectivity index (χ0) is 23.4. The van der Waals surface area contributed by atoms with E-state index in [9.17, 15) is 20.1 Å². The second-order valence-electron chi connectivity index (χ2n) is 8.34. The Morgan fingerprint density at radius 3 is 2.56 bits per heavy atom. The number of ether oxygens (including phenoxy) is 2. The number of fused-ring (bicyclic) bond motifs is 1. The van der Waals surface area contributed by atoms with Crippen molar-refractivity contribution in [1.82, 2.24) is 0 Å². The molecule has 0 aromatic heterocycles. The van der Waals surface area contributed by atoms with Crippen molar-refractivity contribution in [1.29, 1.82) is 0 Å². The summed E-state index contributed by atoms with van der Waals surface area (Å²) in [5, 5.41) is 31.1. The predicted octanol–water partition coefficient (Wildman–Crippen LogP) is 5.75. The van der Waals surface area contributed by atoms with Gasteiger partial charge in [-0.1, -0.05) is 29.4 Å². The number of benzene rings is 2. The fourth-order valence-electron chi connectivity index (χ4n) is 3.75. The lowest BCUT2D eigenvalue weighted by atomic mass is 9.92. The van der Waals surface area contributed by atoms with Crippen LogP contribution in [0, 0.1) is 0 Å². The highest BCUT2D eigenvalue weighted by atomic mass is 16.5. The lowest BCUT2D eigenvalue weighted by Gasteiger charge is -2.27.